The van der Waals surface area contributed by atoms with Gasteiger partial charge in [0.05, 0.1) is 37.3 Å². The fraction of sp³-hybridized carbons (Fsp3) is 0.440. The van der Waals surface area contributed by atoms with Gasteiger partial charge >= 0.3 is 6.03 Å². The third-order valence-electron chi connectivity index (χ3n) is 12.0. The van der Waals surface area contributed by atoms with E-state index in [2.05, 4.69) is 31.5 Å². The highest BCUT2D eigenvalue weighted by Crippen LogP contribution is 2.35. The van der Waals surface area contributed by atoms with Gasteiger partial charge in [0, 0.05) is 74.8 Å². The quantitative estimate of drug-likeness (QED) is 0.0285. The Morgan fingerprint density at radius 2 is 1.62 bits per heavy atom. The van der Waals surface area contributed by atoms with Crippen molar-refractivity contribution in [1.29, 1.82) is 0 Å². The largest absolute Gasteiger partial charge is 0.493 e. The van der Waals surface area contributed by atoms with Gasteiger partial charge in [-0.15, -0.1) is 0 Å². The van der Waals surface area contributed by atoms with Crippen molar-refractivity contribution in [3.8, 4) is 11.5 Å². The second-order valence-corrected chi connectivity index (χ2v) is 18.0. The third kappa shape index (κ3) is 15.8. The Bertz CT molecular complexity index is 2540. The van der Waals surface area contributed by atoms with E-state index in [0.717, 1.165) is 42.0 Å². The SMILES string of the molecule is COc1cc2c(cc1OCCCN1CCOCC1)c(Nc1ccc(F)c(Cl)c1)nc[n+]2Cc1ccc(NC(=O)[C@H](CCCNC(N)=O)NC(=O)[C@@H](NC(=O)CCCCCN2C(=O)C=CC2=O)C(C)C)cc1. The summed E-state index contributed by atoms with van der Waals surface area (Å²) in [6.07, 6.45) is 7.10. The topological polar surface area (TPSA) is 240 Å². The zero-order valence-corrected chi connectivity index (χ0v) is 41.0. The highest BCUT2D eigenvalue weighted by atomic mass is 35.5. The van der Waals surface area contributed by atoms with Crippen LogP contribution < -0.4 is 46.4 Å². The molecule has 6 rings (SSSR count). The van der Waals surface area contributed by atoms with Gasteiger partial charge in [-0.25, -0.2) is 13.8 Å². The monoisotopic (exact) mass is 1000 g/mol. The summed E-state index contributed by atoms with van der Waals surface area (Å²) in [5, 5.41) is 14.9. The number of fused-ring (bicyclic) bond motifs is 1. The van der Waals surface area contributed by atoms with Gasteiger partial charge in [-0.2, -0.15) is 0 Å². The Morgan fingerprint density at radius 1 is 0.887 bits per heavy atom. The number of unbranched alkanes of at least 4 members (excludes halogenated alkanes) is 2. The van der Waals surface area contributed by atoms with Crippen molar-refractivity contribution in [2.24, 2.45) is 11.7 Å². The van der Waals surface area contributed by atoms with Crippen molar-refractivity contribution in [2.75, 3.05) is 70.3 Å². The minimum absolute atomic E-state index is 0.0392. The molecule has 7 N–H and O–H groups in total. The average Bonchev–Trinajstić information content (AvgIpc) is 3.67. The van der Waals surface area contributed by atoms with Crippen LogP contribution in [-0.4, -0.2) is 122 Å². The van der Waals surface area contributed by atoms with Crippen LogP contribution in [0.1, 0.15) is 64.4 Å². The van der Waals surface area contributed by atoms with Gasteiger partial charge in [0.2, 0.25) is 17.7 Å². The first-order chi connectivity index (χ1) is 34.2. The molecule has 19 nitrogen and oxygen atoms in total. The lowest BCUT2D eigenvalue weighted by Gasteiger charge is -2.26. The van der Waals surface area contributed by atoms with E-state index in [9.17, 15) is 33.2 Å². The molecular formula is C50H63ClFN10O9+. The predicted molar refractivity (Wildman–Crippen MR) is 265 cm³/mol. The number of hydrogen-bond donors (Lipinski definition) is 6. The summed E-state index contributed by atoms with van der Waals surface area (Å²) >= 11 is 6.12. The molecule has 3 aromatic carbocycles. The molecule has 3 heterocycles. The summed E-state index contributed by atoms with van der Waals surface area (Å²) in [5.74, 6) is -1.47. The molecule has 2 atom stereocenters. The number of ether oxygens (including phenoxy) is 3. The third-order valence-corrected chi connectivity index (χ3v) is 12.3. The Morgan fingerprint density at radius 3 is 2.31 bits per heavy atom. The van der Waals surface area contributed by atoms with Crippen molar-refractivity contribution < 1.29 is 51.9 Å². The summed E-state index contributed by atoms with van der Waals surface area (Å²) in [6.45, 7) is 8.86. The maximum Gasteiger partial charge on any atom is 0.312 e. The minimum atomic E-state index is -1.04. The van der Waals surface area contributed by atoms with Crippen LogP contribution in [0.2, 0.25) is 5.02 Å². The molecular weight excluding hydrogens is 939 g/mol. The van der Waals surface area contributed by atoms with Crippen LogP contribution in [0.5, 0.6) is 11.5 Å². The molecule has 0 unspecified atom stereocenters. The predicted octanol–water partition coefficient (Wildman–Crippen LogP) is 4.71. The average molecular weight is 1000 g/mol. The number of nitrogens with zero attached hydrogens (tertiary/aromatic N) is 4. The van der Waals surface area contributed by atoms with E-state index in [1.807, 2.05) is 28.8 Å². The van der Waals surface area contributed by atoms with Crippen LogP contribution in [0.4, 0.5) is 26.4 Å². The van der Waals surface area contributed by atoms with Crippen molar-refractivity contribution >= 4 is 75.3 Å². The molecule has 380 valence electrons. The van der Waals surface area contributed by atoms with E-state index in [-0.39, 0.29) is 54.6 Å². The van der Waals surface area contributed by atoms with Gasteiger partial charge in [-0.05, 0) is 78.9 Å². The molecule has 0 aliphatic carbocycles. The fourth-order valence-corrected chi connectivity index (χ4v) is 8.25. The number of anilines is 3. The maximum absolute atomic E-state index is 14.1. The first-order valence-corrected chi connectivity index (χ1v) is 24.2. The standard InChI is InChI=1S/C50H62ClFN10O9/c1-32(2)46(59-43(63)10-5-4-6-21-62-44(64)17-18-45(62)65)49(67)58-39(9-7-19-54-50(53)68)48(66)57-34-13-11-33(12-14-34)30-61-31-55-47(56-35-15-16-38(52)37(51)27-35)36-28-42(41(69-3)29-40(36)61)71-24-8-20-60-22-25-70-26-23-60/h11-18,27-29,31-32,39,46H,4-10,19-26,30H2,1-3H3,(H6,53,54,57,58,59,63,66,67,68)/p+1/t39-,46-/m0/s1. The number of carbonyl (C=O) groups is 6. The number of imide groups is 1. The summed E-state index contributed by atoms with van der Waals surface area (Å²) in [7, 11) is 1.58. The molecule has 0 saturated carbocycles. The Balaban J connectivity index is 1.12. The molecule has 1 saturated heterocycles. The molecule has 0 bridgehead atoms. The number of urea groups is 1. The van der Waals surface area contributed by atoms with Crippen molar-refractivity contribution in [1.82, 2.24) is 30.7 Å². The van der Waals surface area contributed by atoms with E-state index < -0.39 is 35.7 Å². The number of primary amides is 1. The van der Waals surface area contributed by atoms with Gasteiger partial charge < -0.3 is 46.5 Å². The molecule has 1 aromatic heterocycles. The highest BCUT2D eigenvalue weighted by Gasteiger charge is 2.29. The van der Waals surface area contributed by atoms with Crippen molar-refractivity contribution in [2.45, 2.75) is 77.4 Å². The Hall–Kier alpha value is -6.90. The Labute approximate surface area is 417 Å². The van der Waals surface area contributed by atoms with E-state index >= 15 is 0 Å². The number of methoxy groups -OCH3 is 1. The van der Waals surface area contributed by atoms with Crippen molar-refractivity contribution in [3.05, 3.63) is 89.5 Å². The van der Waals surface area contributed by atoms with E-state index in [1.165, 1.54) is 24.3 Å². The number of halogens is 2. The lowest BCUT2D eigenvalue weighted by atomic mass is 10.0. The molecule has 1 fully saturated rings. The first kappa shape index (κ1) is 53.5. The van der Waals surface area contributed by atoms with Gasteiger partial charge in [0.25, 0.3) is 24.0 Å². The number of morpholine rings is 1. The summed E-state index contributed by atoms with van der Waals surface area (Å²) in [4.78, 5) is 83.7. The number of amides is 7. The summed E-state index contributed by atoms with van der Waals surface area (Å²) in [5.41, 5.74) is 7.84. The van der Waals surface area contributed by atoms with E-state index in [1.54, 1.807) is 45.5 Å². The molecule has 21 heteroatoms. The number of hydrogen-bond acceptors (Lipinski definition) is 12. The first-order valence-electron chi connectivity index (χ1n) is 23.8. The molecule has 2 aliphatic rings. The molecule has 2 aliphatic heterocycles. The van der Waals surface area contributed by atoms with E-state index in [0.29, 0.717) is 86.1 Å². The normalized spacial score (nSPS) is 14.6. The van der Waals surface area contributed by atoms with Gasteiger partial charge in [-0.3, -0.25) is 33.8 Å². The smallest absolute Gasteiger partial charge is 0.312 e. The summed E-state index contributed by atoms with van der Waals surface area (Å²) < 4.78 is 33.6. The lowest BCUT2D eigenvalue weighted by molar-refractivity contribution is -0.665. The molecule has 0 spiro atoms. The fourth-order valence-electron chi connectivity index (χ4n) is 8.07. The minimum Gasteiger partial charge on any atom is -0.493 e. The van der Waals surface area contributed by atoms with Crippen LogP contribution in [0.15, 0.2) is 73.1 Å². The number of nitrogens with two attached hydrogens (primary N) is 1. The second-order valence-electron chi connectivity index (χ2n) is 17.6. The number of carbonyl (C=O) groups excluding carboxylic acids is 6. The number of benzene rings is 3. The van der Waals surface area contributed by atoms with Crippen molar-refractivity contribution in [3.63, 3.8) is 0 Å². The summed E-state index contributed by atoms with van der Waals surface area (Å²) in [6, 6.07) is 12.5. The van der Waals surface area contributed by atoms with Crippen LogP contribution in [0.3, 0.4) is 0 Å². The number of nitrogens with one attached hydrogen (secondary N) is 5. The zero-order chi connectivity index (χ0) is 50.9. The Kier molecular flexibility index (Phi) is 19.8. The number of aromatic nitrogens is 2. The lowest BCUT2D eigenvalue weighted by Crippen LogP contribution is -2.54. The van der Waals surface area contributed by atoms with Crippen LogP contribution in [-0.2, 0) is 35.3 Å². The molecule has 0 radical (unpaired) electrons. The van der Waals surface area contributed by atoms with Gasteiger partial charge in [0.15, 0.2) is 11.5 Å². The molecule has 71 heavy (non-hydrogen) atoms. The van der Waals surface area contributed by atoms with Crippen LogP contribution >= 0.6 is 11.6 Å². The highest BCUT2D eigenvalue weighted by molar-refractivity contribution is 6.31. The zero-order valence-electron chi connectivity index (χ0n) is 40.3. The molecule has 4 aromatic rings. The van der Waals surface area contributed by atoms with E-state index in [4.69, 9.17) is 36.5 Å². The van der Waals surface area contributed by atoms with Gasteiger partial charge in [0.1, 0.15) is 30.0 Å². The second kappa shape index (κ2) is 26.3. The van der Waals surface area contributed by atoms with Gasteiger partial charge in [-0.1, -0.05) is 44.0 Å². The van der Waals surface area contributed by atoms with Crippen LogP contribution in [0.25, 0.3) is 10.9 Å². The maximum atomic E-state index is 14.1. The molecule has 7 amide bonds. The van der Waals surface area contributed by atoms with Crippen LogP contribution in [0, 0.1) is 11.7 Å². The number of rotatable bonds is 26.